The van der Waals surface area contributed by atoms with Gasteiger partial charge in [0.15, 0.2) is 0 Å². The Kier molecular flexibility index (Phi) is 5.73. The Bertz CT molecular complexity index is 773. The van der Waals surface area contributed by atoms with Gasteiger partial charge in [0.25, 0.3) is 10.1 Å². The first-order chi connectivity index (χ1) is 12.2. The van der Waals surface area contributed by atoms with E-state index in [0.717, 1.165) is 34.8 Å². The quantitative estimate of drug-likeness (QED) is 0.699. The number of hydrogen-bond acceptors (Lipinski definition) is 6. The first-order valence-electron chi connectivity index (χ1n) is 8.14. The van der Waals surface area contributed by atoms with Crippen LogP contribution in [-0.2, 0) is 19.0 Å². The standard InChI is InChI=1S/C16H19F2NO5S2/c1-26(21,22)23-9-12-8-19(16(20)24-12)11-6-13(17)15(14(18)7-11)10-2-4-25-5-3-10/h6-7,10,12H,2-5,8-9H2,1H3/t12-/m1/s1. The Labute approximate surface area is 155 Å². The van der Waals surface area contributed by atoms with Gasteiger partial charge in [-0.1, -0.05) is 0 Å². The van der Waals surface area contributed by atoms with Crippen molar-refractivity contribution >= 4 is 33.7 Å². The molecule has 0 bridgehead atoms. The highest BCUT2D eigenvalue weighted by Crippen LogP contribution is 2.36. The van der Waals surface area contributed by atoms with Gasteiger partial charge < -0.3 is 4.74 Å². The minimum absolute atomic E-state index is 0.0424. The number of anilines is 1. The predicted octanol–water partition coefficient (Wildman–Crippen LogP) is 2.88. The first-order valence-corrected chi connectivity index (χ1v) is 11.1. The van der Waals surface area contributed by atoms with Crippen LogP contribution in [0, 0.1) is 11.6 Å². The van der Waals surface area contributed by atoms with Crippen LogP contribution in [0.4, 0.5) is 19.3 Å². The zero-order valence-electron chi connectivity index (χ0n) is 14.1. The van der Waals surface area contributed by atoms with Gasteiger partial charge in [-0.3, -0.25) is 9.08 Å². The van der Waals surface area contributed by atoms with Crippen molar-refractivity contribution in [3.8, 4) is 0 Å². The van der Waals surface area contributed by atoms with Gasteiger partial charge >= 0.3 is 6.09 Å². The maximum atomic E-state index is 14.5. The molecule has 1 atom stereocenters. The SMILES string of the molecule is CS(=O)(=O)OC[C@H]1CN(c2cc(F)c(C3CCSCC3)c(F)c2)C(=O)O1. The van der Waals surface area contributed by atoms with E-state index in [1.807, 2.05) is 0 Å². The summed E-state index contributed by atoms with van der Waals surface area (Å²) in [5, 5.41) is 0. The van der Waals surface area contributed by atoms with Crippen LogP contribution < -0.4 is 4.90 Å². The summed E-state index contributed by atoms with van der Waals surface area (Å²) in [5.41, 5.74) is 0.111. The number of benzene rings is 1. The summed E-state index contributed by atoms with van der Waals surface area (Å²) >= 11 is 1.77. The number of ether oxygens (including phenoxy) is 1. The molecule has 3 rings (SSSR count). The zero-order valence-corrected chi connectivity index (χ0v) is 15.7. The van der Waals surface area contributed by atoms with E-state index in [4.69, 9.17) is 4.74 Å². The Balaban J connectivity index is 1.76. The molecule has 10 heteroatoms. The number of halogens is 2. The molecule has 1 aromatic rings. The fraction of sp³-hybridized carbons (Fsp3) is 0.562. The molecule has 1 amide bonds. The second-order valence-electron chi connectivity index (χ2n) is 6.31. The number of hydrogen-bond donors (Lipinski definition) is 0. The fourth-order valence-corrected chi connectivity index (χ4v) is 4.63. The summed E-state index contributed by atoms with van der Waals surface area (Å²) in [7, 11) is -3.67. The molecule has 0 aromatic heterocycles. The maximum Gasteiger partial charge on any atom is 0.414 e. The van der Waals surface area contributed by atoms with E-state index >= 15 is 0 Å². The van der Waals surface area contributed by atoms with Crippen LogP contribution in [0.2, 0.25) is 0 Å². The molecule has 2 heterocycles. The molecule has 0 radical (unpaired) electrons. The molecule has 26 heavy (non-hydrogen) atoms. The number of carbonyl (C=O) groups excluding carboxylic acids is 1. The van der Waals surface area contributed by atoms with Crippen LogP contribution in [0.3, 0.4) is 0 Å². The van der Waals surface area contributed by atoms with Gasteiger partial charge in [-0.15, -0.1) is 0 Å². The Morgan fingerprint density at radius 3 is 2.46 bits per heavy atom. The zero-order chi connectivity index (χ0) is 18.9. The molecule has 1 aromatic carbocycles. The average Bonchev–Trinajstić information content (AvgIpc) is 2.94. The predicted molar refractivity (Wildman–Crippen MR) is 94.1 cm³/mol. The second-order valence-corrected chi connectivity index (χ2v) is 9.18. The van der Waals surface area contributed by atoms with Crippen molar-refractivity contribution in [3.05, 3.63) is 29.3 Å². The van der Waals surface area contributed by atoms with Crippen LogP contribution >= 0.6 is 11.8 Å². The lowest BCUT2D eigenvalue weighted by Gasteiger charge is -2.23. The molecule has 144 valence electrons. The van der Waals surface area contributed by atoms with E-state index < -0.39 is 33.9 Å². The first kappa shape index (κ1) is 19.4. The molecule has 2 aliphatic rings. The normalized spacial score (nSPS) is 21.9. The van der Waals surface area contributed by atoms with Crippen molar-refractivity contribution in [1.29, 1.82) is 0 Å². The van der Waals surface area contributed by atoms with Gasteiger partial charge in [0, 0.05) is 5.56 Å². The van der Waals surface area contributed by atoms with Crippen molar-refractivity contribution in [3.63, 3.8) is 0 Å². The van der Waals surface area contributed by atoms with Crippen molar-refractivity contribution in [2.24, 2.45) is 0 Å². The van der Waals surface area contributed by atoms with Gasteiger partial charge in [0.2, 0.25) is 0 Å². The van der Waals surface area contributed by atoms with Gasteiger partial charge in [-0.2, -0.15) is 20.2 Å². The molecule has 2 aliphatic heterocycles. The lowest BCUT2D eigenvalue weighted by atomic mass is 9.92. The molecule has 0 unspecified atom stereocenters. The third kappa shape index (κ3) is 4.47. The summed E-state index contributed by atoms with van der Waals surface area (Å²) < 4.78 is 60.7. The highest BCUT2D eigenvalue weighted by Gasteiger charge is 2.34. The minimum atomic E-state index is -3.67. The van der Waals surface area contributed by atoms with E-state index in [-0.39, 0.29) is 30.3 Å². The molecule has 0 aliphatic carbocycles. The van der Waals surface area contributed by atoms with E-state index in [1.54, 1.807) is 11.8 Å². The fourth-order valence-electron chi connectivity index (χ4n) is 3.12. The lowest BCUT2D eigenvalue weighted by Crippen LogP contribution is -2.27. The van der Waals surface area contributed by atoms with Crippen molar-refractivity contribution in [1.82, 2.24) is 0 Å². The largest absolute Gasteiger partial charge is 0.441 e. The molecular weight excluding hydrogens is 388 g/mol. The lowest BCUT2D eigenvalue weighted by molar-refractivity contribution is 0.107. The second kappa shape index (κ2) is 7.69. The third-order valence-corrected chi connectivity index (χ3v) is 5.96. The molecular formula is C16H19F2NO5S2. The van der Waals surface area contributed by atoms with Crippen molar-refractivity contribution in [2.45, 2.75) is 24.9 Å². The molecule has 2 saturated heterocycles. The number of thioether (sulfide) groups is 1. The van der Waals surface area contributed by atoms with Crippen molar-refractivity contribution < 1.29 is 30.9 Å². The van der Waals surface area contributed by atoms with Gasteiger partial charge in [0.05, 0.1) is 18.5 Å². The van der Waals surface area contributed by atoms with Gasteiger partial charge in [-0.25, -0.2) is 13.6 Å². The highest BCUT2D eigenvalue weighted by molar-refractivity contribution is 7.99. The summed E-state index contributed by atoms with van der Waals surface area (Å²) in [6.07, 6.45) is 0.684. The van der Waals surface area contributed by atoms with Gasteiger partial charge in [-0.05, 0) is 42.4 Å². The summed E-state index contributed by atoms with van der Waals surface area (Å²) in [6.45, 7) is -0.392. The Hall–Kier alpha value is -1.39. The molecule has 0 spiro atoms. The maximum absolute atomic E-state index is 14.5. The molecule has 0 saturated carbocycles. The average molecular weight is 407 g/mol. The van der Waals surface area contributed by atoms with Crippen LogP contribution in [-0.4, -0.2) is 51.5 Å². The number of carbonyl (C=O) groups is 1. The van der Waals surface area contributed by atoms with E-state index in [1.165, 1.54) is 0 Å². The number of cyclic esters (lactones) is 1. The summed E-state index contributed by atoms with van der Waals surface area (Å²) in [6, 6.07) is 2.25. The van der Waals surface area contributed by atoms with Crippen LogP contribution in [0.5, 0.6) is 0 Å². The van der Waals surface area contributed by atoms with Crippen molar-refractivity contribution in [2.75, 3.05) is 35.8 Å². The van der Waals surface area contributed by atoms with Crippen LogP contribution in [0.25, 0.3) is 0 Å². The Morgan fingerprint density at radius 2 is 1.88 bits per heavy atom. The minimum Gasteiger partial charge on any atom is -0.441 e. The van der Waals surface area contributed by atoms with E-state index in [2.05, 4.69) is 4.18 Å². The molecule has 6 nitrogen and oxygen atoms in total. The summed E-state index contributed by atoms with van der Waals surface area (Å²) in [5.74, 6) is 0.213. The summed E-state index contributed by atoms with van der Waals surface area (Å²) in [4.78, 5) is 13.0. The van der Waals surface area contributed by atoms with Crippen LogP contribution in [0.1, 0.15) is 24.3 Å². The number of nitrogens with zero attached hydrogens (tertiary/aromatic N) is 1. The number of rotatable bonds is 5. The van der Waals surface area contributed by atoms with Crippen LogP contribution in [0.15, 0.2) is 12.1 Å². The Morgan fingerprint density at radius 1 is 1.27 bits per heavy atom. The monoisotopic (exact) mass is 407 g/mol. The van der Waals surface area contributed by atoms with E-state index in [0.29, 0.717) is 12.8 Å². The molecule has 2 fully saturated rings. The van der Waals surface area contributed by atoms with Gasteiger partial charge in [0.1, 0.15) is 24.3 Å². The molecule has 0 N–H and O–H groups in total. The number of amides is 1. The smallest absolute Gasteiger partial charge is 0.414 e. The third-order valence-electron chi connectivity index (χ3n) is 4.35. The van der Waals surface area contributed by atoms with E-state index in [9.17, 15) is 22.0 Å². The highest BCUT2D eigenvalue weighted by atomic mass is 32.2. The topological polar surface area (TPSA) is 72.9 Å².